The molecule has 230 valence electrons. The van der Waals surface area contributed by atoms with E-state index in [2.05, 4.69) is 15.6 Å². The second-order valence-corrected chi connectivity index (χ2v) is 12.5. The topological polar surface area (TPSA) is 130 Å². The second-order valence-electron chi connectivity index (χ2n) is 10.7. The molecule has 0 bridgehead atoms. The summed E-state index contributed by atoms with van der Waals surface area (Å²) in [6.07, 6.45) is 8.21. The number of ether oxygens (including phenoxy) is 4. The van der Waals surface area contributed by atoms with Crippen molar-refractivity contribution in [2.45, 2.75) is 49.5 Å². The first-order valence-corrected chi connectivity index (χ1v) is 16.2. The molecule has 1 aromatic carbocycles. The third kappa shape index (κ3) is 7.25. The van der Waals surface area contributed by atoms with Crippen molar-refractivity contribution < 1.29 is 27.4 Å². The number of rotatable bonds is 16. The largest absolute Gasteiger partial charge is 0.382 e. The van der Waals surface area contributed by atoms with Gasteiger partial charge in [0.2, 0.25) is 0 Å². The lowest BCUT2D eigenvalue weighted by molar-refractivity contribution is 0.00385. The zero-order chi connectivity index (χ0) is 30.1. The Labute approximate surface area is 252 Å². The van der Waals surface area contributed by atoms with E-state index < -0.39 is 10.0 Å². The van der Waals surface area contributed by atoms with Crippen LogP contribution in [0.3, 0.4) is 0 Å². The highest BCUT2D eigenvalue weighted by molar-refractivity contribution is 7.90. The standard InChI is InChI=1S/C31H39N5O6S/c1-39-17-18-41-21-22-42-20-19-40-16-13-29-34-28-23-33-31-27(12-15-35(31)43(37,38)26-5-3-2-4-6-26)30(28)36(29)25-9-7-24(8-10-25)11-14-32/h2-6,12,15,23-25H,7-11,13,16-22H2,1H3/t24-,25-. The van der Waals surface area contributed by atoms with Gasteiger partial charge in [-0.3, -0.25) is 0 Å². The summed E-state index contributed by atoms with van der Waals surface area (Å²) in [7, 11) is -2.18. The van der Waals surface area contributed by atoms with E-state index >= 15 is 0 Å². The number of imidazole rings is 1. The summed E-state index contributed by atoms with van der Waals surface area (Å²) < 4.78 is 52.3. The predicted molar refractivity (Wildman–Crippen MR) is 161 cm³/mol. The van der Waals surface area contributed by atoms with Crippen molar-refractivity contribution in [2.75, 3.05) is 53.4 Å². The normalized spacial score (nSPS) is 17.5. The number of fused-ring (bicyclic) bond motifs is 3. The summed E-state index contributed by atoms with van der Waals surface area (Å²) in [5, 5.41) is 9.94. The Balaban J connectivity index is 1.35. The van der Waals surface area contributed by atoms with Crippen molar-refractivity contribution in [2.24, 2.45) is 5.92 Å². The van der Waals surface area contributed by atoms with Crippen LogP contribution in [0.25, 0.3) is 22.1 Å². The van der Waals surface area contributed by atoms with E-state index in [1.54, 1.807) is 49.8 Å². The first kappa shape index (κ1) is 31.1. The van der Waals surface area contributed by atoms with Crippen LogP contribution in [0, 0.1) is 17.2 Å². The minimum absolute atomic E-state index is 0.191. The molecule has 5 rings (SSSR count). The first-order valence-electron chi connectivity index (χ1n) is 14.8. The SMILES string of the molecule is COCCOCCOCCOCCc1nc2cnc3c(ccn3S(=O)(=O)c3ccccc3)c2n1[C@H]1CC[C@H](CC#N)CC1. The van der Waals surface area contributed by atoms with Crippen molar-refractivity contribution >= 4 is 32.1 Å². The van der Waals surface area contributed by atoms with E-state index in [-0.39, 0.29) is 10.9 Å². The Morgan fingerprint density at radius 3 is 2.28 bits per heavy atom. The lowest BCUT2D eigenvalue weighted by Gasteiger charge is -2.30. The molecule has 0 aliphatic heterocycles. The molecule has 0 N–H and O–H groups in total. The molecule has 0 atom stereocenters. The predicted octanol–water partition coefficient (Wildman–Crippen LogP) is 4.51. The molecular weight excluding hydrogens is 570 g/mol. The molecule has 0 saturated heterocycles. The molecule has 1 saturated carbocycles. The Morgan fingerprint density at radius 1 is 0.930 bits per heavy atom. The molecule has 4 aromatic rings. The van der Waals surface area contributed by atoms with Crippen molar-refractivity contribution in [1.29, 1.82) is 5.26 Å². The number of pyridine rings is 1. The van der Waals surface area contributed by atoms with Crippen molar-refractivity contribution in [3.05, 3.63) is 54.6 Å². The van der Waals surface area contributed by atoms with Gasteiger partial charge in [-0.05, 0) is 49.8 Å². The minimum Gasteiger partial charge on any atom is -0.382 e. The second kappa shape index (κ2) is 14.9. The van der Waals surface area contributed by atoms with Crippen LogP contribution < -0.4 is 0 Å². The number of methoxy groups -OCH3 is 1. The average molecular weight is 610 g/mol. The van der Waals surface area contributed by atoms with E-state index in [0.717, 1.165) is 47.9 Å². The van der Waals surface area contributed by atoms with Crippen LogP contribution in [-0.2, 0) is 35.4 Å². The van der Waals surface area contributed by atoms with Gasteiger partial charge in [-0.2, -0.15) is 5.26 Å². The number of nitrogens with zero attached hydrogens (tertiary/aromatic N) is 5. The molecule has 0 amide bonds. The number of hydrogen-bond acceptors (Lipinski definition) is 9. The molecule has 0 radical (unpaired) electrons. The van der Waals surface area contributed by atoms with Gasteiger partial charge in [-0.15, -0.1) is 0 Å². The van der Waals surface area contributed by atoms with Gasteiger partial charge in [0.05, 0.1) is 68.9 Å². The van der Waals surface area contributed by atoms with Crippen LogP contribution >= 0.6 is 0 Å². The highest BCUT2D eigenvalue weighted by atomic mass is 32.2. The molecule has 1 aliphatic carbocycles. The quantitative estimate of drug-likeness (QED) is 0.168. The van der Waals surface area contributed by atoms with Gasteiger partial charge >= 0.3 is 0 Å². The highest BCUT2D eigenvalue weighted by Gasteiger charge is 2.28. The maximum Gasteiger partial charge on any atom is 0.269 e. The van der Waals surface area contributed by atoms with Gasteiger partial charge in [0.25, 0.3) is 10.0 Å². The number of benzene rings is 1. The van der Waals surface area contributed by atoms with Crippen LogP contribution in [0.2, 0.25) is 0 Å². The lowest BCUT2D eigenvalue weighted by atomic mass is 9.84. The Morgan fingerprint density at radius 2 is 1.60 bits per heavy atom. The Kier molecular flexibility index (Phi) is 10.8. The average Bonchev–Trinajstić information content (AvgIpc) is 3.63. The zero-order valence-electron chi connectivity index (χ0n) is 24.6. The van der Waals surface area contributed by atoms with Crippen LogP contribution in [-0.4, -0.2) is 80.3 Å². The van der Waals surface area contributed by atoms with Crippen molar-refractivity contribution in [3.63, 3.8) is 0 Å². The van der Waals surface area contributed by atoms with E-state index in [4.69, 9.17) is 23.9 Å². The Hall–Kier alpha value is -3.34. The lowest BCUT2D eigenvalue weighted by Crippen LogP contribution is -2.20. The molecule has 1 fully saturated rings. The number of hydrogen-bond donors (Lipinski definition) is 0. The Bertz CT molecular complexity index is 1620. The molecule has 3 aromatic heterocycles. The van der Waals surface area contributed by atoms with Gasteiger partial charge in [-0.1, -0.05) is 18.2 Å². The zero-order valence-corrected chi connectivity index (χ0v) is 25.4. The first-order chi connectivity index (χ1) is 21.0. The van der Waals surface area contributed by atoms with Crippen LogP contribution in [0.5, 0.6) is 0 Å². The molecule has 1 aliphatic rings. The van der Waals surface area contributed by atoms with E-state index in [0.29, 0.717) is 70.7 Å². The molecular formula is C31H39N5O6S. The third-order valence-electron chi connectivity index (χ3n) is 7.91. The summed E-state index contributed by atoms with van der Waals surface area (Å²) in [5.41, 5.74) is 2.00. The van der Waals surface area contributed by atoms with Gasteiger partial charge in [0, 0.05) is 37.6 Å². The molecule has 12 heteroatoms. The third-order valence-corrected chi connectivity index (χ3v) is 9.59. The fourth-order valence-electron chi connectivity index (χ4n) is 5.75. The monoisotopic (exact) mass is 609 g/mol. The molecule has 3 heterocycles. The minimum atomic E-state index is -3.82. The number of aromatic nitrogens is 4. The smallest absolute Gasteiger partial charge is 0.269 e. The van der Waals surface area contributed by atoms with Crippen LogP contribution in [0.1, 0.15) is 44.0 Å². The van der Waals surface area contributed by atoms with Crippen molar-refractivity contribution in [1.82, 2.24) is 18.5 Å². The highest BCUT2D eigenvalue weighted by Crippen LogP contribution is 2.38. The van der Waals surface area contributed by atoms with Gasteiger partial charge in [0.15, 0.2) is 5.65 Å². The molecule has 43 heavy (non-hydrogen) atoms. The summed E-state index contributed by atoms with van der Waals surface area (Å²) in [4.78, 5) is 9.73. The fraction of sp³-hybridized carbons (Fsp3) is 0.516. The molecule has 0 unspecified atom stereocenters. The fourth-order valence-corrected chi connectivity index (χ4v) is 7.07. The van der Waals surface area contributed by atoms with Crippen LogP contribution in [0.15, 0.2) is 53.7 Å². The molecule has 11 nitrogen and oxygen atoms in total. The van der Waals surface area contributed by atoms with E-state index in [9.17, 15) is 13.7 Å². The molecule has 0 spiro atoms. The van der Waals surface area contributed by atoms with Gasteiger partial charge < -0.3 is 23.5 Å². The van der Waals surface area contributed by atoms with Crippen molar-refractivity contribution in [3.8, 4) is 6.07 Å². The summed E-state index contributed by atoms with van der Waals surface area (Å²) in [5.74, 6) is 1.30. The summed E-state index contributed by atoms with van der Waals surface area (Å²) in [6.45, 7) is 3.54. The summed E-state index contributed by atoms with van der Waals surface area (Å²) >= 11 is 0. The van der Waals surface area contributed by atoms with Gasteiger partial charge in [-0.25, -0.2) is 22.4 Å². The maximum absolute atomic E-state index is 13.5. The summed E-state index contributed by atoms with van der Waals surface area (Å²) in [6, 6.07) is 12.7. The van der Waals surface area contributed by atoms with Crippen LogP contribution in [0.4, 0.5) is 0 Å². The van der Waals surface area contributed by atoms with E-state index in [1.165, 1.54) is 3.97 Å². The van der Waals surface area contributed by atoms with E-state index in [1.807, 2.05) is 6.07 Å². The number of nitriles is 1. The van der Waals surface area contributed by atoms with Gasteiger partial charge in [0.1, 0.15) is 11.3 Å². The maximum atomic E-state index is 13.5.